The van der Waals surface area contributed by atoms with Crippen LogP contribution in [0.4, 0.5) is 11.4 Å². The van der Waals surface area contributed by atoms with Crippen molar-refractivity contribution in [3.05, 3.63) is 69.7 Å². The van der Waals surface area contributed by atoms with Crippen molar-refractivity contribution in [3.8, 4) is 0 Å². The molecule has 2 aromatic heterocycles. The van der Waals surface area contributed by atoms with Gasteiger partial charge in [0.15, 0.2) is 5.82 Å². The molecule has 3 aromatic rings. The number of hydrogen-bond donors (Lipinski definition) is 3. The van der Waals surface area contributed by atoms with Gasteiger partial charge < -0.3 is 29.9 Å². The first-order valence-electron chi connectivity index (χ1n) is 15.4. The summed E-state index contributed by atoms with van der Waals surface area (Å²) in [5.41, 5.74) is 3.72. The molecule has 2 bridgehead atoms. The quantitative estimate of drug-likeness (QED) is 0.338. The third-order valence-electron chi connectivity index (χ3n) is 8.93. The molecule has 4 unspecified atom stereocenters. The normalized spacial score (nSPS) is 21.6. The third-order valence-corrected chi connectivity index (χ3v) is 8.93. The predicted octanol–water partition coefficient (Wildman–Crippen LogP) is 2.34. The van der Waals surface area contributed by atoms with E-state index < -0.39 is 5.92 Å². The number of carbonyl (C=O) groups is 3. The van der Waals surface area contributed by atoms with E-state index >= 15 is 0 Å². The number of rotatable bonds is 9. The van der Waals surface area contributed by atoms with E-state index in [0.29, 0.717) is 43.3 Å². The summed E-state index contributed by atoms with van der Waals surface area (Å²) in [6.07, 6.45) is 1.97. The Morgan fingerprint density at radius 1 is 1.09 bits per heavy atom. The maximum atomic E-state index is 13.9. The Labute approximate surface area is 255 Å². The molecule has 0 radical (unpaired) electrons. The lowest BCUT2D eigenvalue weighted by Gasteiger charge is -2.54. The summed E-state index contributed by atoms with van der Waals surface area (Å²) in [5.74, 6) is 0.724. The zero-order valence-electron chi connectivity index (χ0n) is 25.3. The van der Waals surface area contributed by atoms with Gasteiger partial charge in [-0.1, -0.05) is 25.1 Å². The minimum atomic E-state index is -0.404. The molecule has 44 heavy (non-hydrogen) atoms. The molecule has 4 atom stereocenters. The molecule has 0 saturated carbocycles. The Morgan fingerprint density at radius 2 is 1.93 bits per heavy atom. The van der Waals surface area contributed by atoms with Crippen LogP contribution in [-0.4, -0.2) is 58.1 Å². The number of carbonyl (C=O) groups excluding carboxylic acids is 3. The number of benzene rings is 1. The smallest absolute Gasteiger partial charge is 0.250 e. The number of piperidine rings is 1. The largest absolute Gasteiger partial charge is 0.366 e. The van der Waals surface area contributed by atoms with Gasteiger partial charge in [0, 0.05) is 87.0 Å². The van der Waals surface area contributed by atoms with Gasteiger partial charge in [-0.25, -0.2) is 0 Å². The Balaban J connectivity index is 1.16. The van der Waals surface area contributed by atoms with Gasteiger partial charge >= 0.3 is 0 Å². The fourth-order valence-corrected chi connectivity index (χ4v) is 7.04. The zero-order valence-corrected chi connectivity index (χ0v) is 25.3. The van der Waals surface area contributed by atoms with Crippen molar-refractivity contribution in [3.63, 3.8) is 0 Å². The SMILES string of the molecule is CC(=O)Nc1ccc2c(c1)CC(C(=O)NCCC(=O)NCCc1nc(C(C)C)no1)C1C3CC(CN21)Cn1c3cccc1=O. The van der Waals surface area contributed by atoms with E-state index in [9.17, 15) is 19.2 Å². The van der Waals surface area contributed by atoms with Crippen LogP contribution in [0.1, 0.15) is 68.4 Å². The van der Waals surface area contributed by atoms with Crippen LogP contribution in [-0.2, 0) is 33.8 Å². The molecule has 0 aliphatic carbocycles. The molecule has 12 heteroatoms. The van der Waals surface area contributed by atoms with Gasteiger partial charge in [-0.2, -0.15) is 4.98 Å². The van der Waals surface area contributed by atoms with Gasteiger partial charge in [-0.15, -0.1) is 0 Å². The molecule has 3 aliphatic heterocycles. The highest BCUT2D eigenvalue weighted by Crippen LogP contribution is 2.48. The van der Waals surface area contributed by atoms with Crippen LogP contribution in [0.2, 0.25) is 0 Å². The number of hydrogen-bond acceptors (Lipinski definition) is 8. The Bertz CT molecular complexity index is 1630. The van der Waals surface area contributed by atoms with E-state index in [2.05, 4.69) is 31.0 Å². The van der Waals surface area contributed by atoms with Crippen LogP contribution in [0.3, 0.4) is 0 Å². The van der Waals surface area contributed by atoms with Crippen molar-refractivity contribution in [1.82, 2.24) is 25.3 Å². The van der Waals surface area contributed by atoms with E-state index in [1.165, 1.54) is 6.92 Å². The average Bonchev–Trinajstić information content (AvgIpc) is 3.46. The highest BCUT2D eigenvalue weighted by atomic mass is 16.5. The maximum Gasteiger partial charge on any atom is 0.250 e. The summed E-state index contributed by atoms with van der Waals surface area (Å²) in [6, 6.07) is 11.2. The lowest BCUT2D eigenvalue weighted by molar-refractivity contribution is -0.126. The first kappa shape index (κ1) is 29.6. The second kappa shape index (κ2) is 12.3. The lowest BCUT2D eigenvalue weighted by atomic mass is 9.69. The summed E-state index contributed by atoms with van der Waals surface area (Å²) in [4.78, 5) is 57.6. The summed E-state index contributed by atoms with van der Waals surface area (Å²) in [7, 11) is 0. The second-order valence-electron chi connectivity index (χ2n) is 12.4. The third kappa shape index (κ3) is 5.97. The highest BCUT2D eigenvalue weighted by molar-refractivity contribution is 5.89. The average molecular weight is 602 g/mol. The van der Waals surface area contributed by atoms with Crippen LogP contribution < -0.4 is 26.4 Å². The van der Waals surface area contributed by atoms with E-state index in [0.717, 1.165) is 29.9 Å². The topological polar surface area (TPSA) is 151 Å². The van der Waals surface area contributed by atoms with E-state index in [1.54, 1.807) is 12.1 Å². The monoisotopic (exact) mass is 601 g/mol. The fraction of sp³-hybridized carbons (Fsp3) is 0.500. The number of anilines is 2. The predicted molar refractivity (Wildman–Crippen MR) is 163 cm³/mol. The molecular weight excluding hydrogens is 562 g/mol. The Morgan fingerprint density at radius 3 is 2.70 bits per heavy atom. The van der Waals surface area contributed by atoms with Crippen LogP contribution in [0.5, 0.6) is 0 Å². The summed E-state index contributed by atoms with van der Waals surface area (Å²) in [5, 5.41) is 12.7. The van der Waals surface area contributed by atoms with E-state index in [4.69, 9.17) is 4.52 Å². The van der Waals surface area contributed by atoms with Gasteiger partial charge in [-0.05, 0) is 48.6 Å². The number of nitrogens with zero attached hydrogens (tertiary/aromatic N) is 4. The van der Waals surface area contributed by atoms with Gasteiger partial charge in [0.25, 0.3) is 5.56 Å². The molecule has 0 spiro atoms. The van der Waals surface area contributed by atoms with E-state index in [1.807, 2.05) is 42.7 Å². The van der Waals surface area contributed by atoms with Crippen molar-refractivity contribution >= 4 is 29.1 Å². The van der Waals surface area contributed by atoms with Gasteiger partial charge in [0.05, 0.1) is 5.92 Å². The molecule has 12 nitrogen and oxygen atoms in total. The zero-order chi connectivity index (χ0) is 31.0. The highest BCUT2D eigenvalue weighted by Gasteiger charge is 2.49. The first-order valence-corrected chi connectivity index (χ1v) is 15.4. The molecular formula is C32H39N7O5. The summed E-state index contributed by atoms with van der Waals surface area (Å²) < 4.78 is 7.10. The van der Waals surface area contributed by atoms with Crippen molar-refractivity contribution < 1.29 is 18.9 Å². The molecule has 232 valence electrons. The summed E-state index contributed by atoms with van der Waals surface area (Å²) in [6.45, 7) is 7.40. The lowest BCUT2D eigenvalue weighted by Crippen LogP contribution is -2.60. The molecule has 1 fully saturated rings. The van der Waals surface area contributed by atoms with Crippen LogP contribution in [0.15, 0.2) is 45.7 Å². The van der Waals surface area contributed by atoms with Crippen LogP contribution >= 0.6 is 0 Å². The Kier molecular flexibility index (Phi) is 8.24. The molecule has 3 amide bonds. The van der Waals surface area contributed by atoms with E-state index in [-0.39, 0.29) is 60.0 Å². The molecule has 1 saturated heterocycles. The van der Waals surface area contributed by atoms with Crippen LogP contribution in [0, 0.1) is 11.8 Å². The summed E-state index contributed by atoms with van der Waals surface area (Å²) >= 11 is 0. The maximum absolute atomic E-state index is 13.9. The minimum Gasteiger partial charge on any atom is -0.366 e. The number of aromatic nitrogens is 3. The number of fused-ring (bicyclic) bond motifs is 8. The molecule has 6 rings (SSSR count). The molecule has 1 aromatic carbocycles. The minimum absolute atomic E-state index is 0.00623. The second-order valence-corrected chi connectivity index (χ2v) is 12.4. The molecule has 5 heterocycles. The first-order chi connectivity index (χ1) is 21.2. The van der Waals surface area contributed by atoms with Crippen molar-refractivity contribution in [1.29, 1.82) is 0 Å². The van der Waals surface area contributed by atoms with Gasteiger partial charge in [-0.3, -0.25) is 19.2 Å². The number of nitrogens with one attached hydrogen (secondary N) is 3. The number of pyridine rings is 1. The van der Waals surface area contributed by atoms with Gasteiger partial charge in [0.2, 0.25) is 23.6 Å². The van der Waals surface area contributed by atoms with Gasteiger partial charge in [0.1, 0.15) is 0 Å². The van der Waals surface area contributed by atoms with Crippen molar-refractivity contribution in [2.24, 2.45) is 11.8 Å². The fourth-order valence-electron chi connectivity index (χ4n) is 7.04. The standard InChI is InChI=1S/C32H39N7O5/c1-18(2)31-36-28(44-37-31)10-12-33-27(41)9-11-34-32(43)24-15-21-14-22(35-19(3)40)7-8-25(21)39-17-20-13-23(30(24)39)26-5-4-6-29(42)38(26)16-20/h4-8,14,18,20,23-24,30H,9-13,15-17H2,1-3H3,(H,33,41)(H,34,43)(H,35,40). The van der Waals surface area contributed by atoms with Crippen molar-refractivity contribution in [2.75, 3.05) is 29.9 Å². The Hall–Kier alpha value is -4.48. The molecule has 3 N–H and O–H groups in total. The number of amides is 3. The van der Waals surface area contributed by atoms with Crippen LogP contribution in [0.25, 0.3) is 0 Å². The molecule has 3 aliphatic rings. The van der Waals surface area contributed by atoms with Crippen molar-refractivity contribution in [2.45, 2.75) is 70.9 Å².